The summed E-state index contributed by atoms with van der Waals surface area (Å²) in [6.07, 6.45) is 10.0. The van der Waals surface area contributed by atoms with Crippen molar-refractivity contribution in [1.82, 2.24) is 0 Å². The molecule has 3 fully saturated rings. The monoisotopic (exact) mass is 254 g/mol. The third-order valence-electron chi connectivity index (χ3n) is 5.57. The molecule has 1 spiro atoms. The van der Waals surface area contributed by atoms with E-state index < -0.39 is 5.60 Å². The SMILES string of the molecule is COC1CCCC(O)(C2CCOC3(CCC3)C2)C1. The third kappa shape index (κ3) is 2.21. The van der Waals surface area contributed by atoms with Gasteiger partial charge in [-0.3, -0.25) is 0 Å². The molecule has 3 aliphatic rings. The Labute approximate surface area is 110 Å². The summed E-state index contributed by atoms with van der Waals surface area (Å²) in [4.78, 5) is 0. The summed E-state index contributed by atoms with van der Waals surface area (Å²) in [5.41, 5.74) is -0.357. The Hall–Kier alpha value is -0.120. The molecule has 1 N–H and O–H groups in total. The lowest BCUT2D eigenvalue weighted by molar-refractivity contribution is -0.188. The summed E-state index contributed by atoms with van der Waals surface area (Å²) in [6, 6.07) is 0. The summed E-state index contributed by atoms with van der Waals surface area (Å²) < 4.78 is 11.5. The van der Waals surface area contributed by atoms with Gasteiger partial charge in [0.1, 0.15) is 0 Å². The van der Waals surface area contributed by atoms with Crippen LogP contribution in [0.15, 0.2) is 0 Å². The van der Waals surface area contributed by atoms with E-state index in [2.05, 4.69) is 0 Å². The standard InChI is InChI=1S/C15H26O3/c1-17-13-4-2-8-15(16,11-13)12-5-9-18-14(10-12)6-3-7-14/h12-13,16H,2-11H2,1H3. The molecule has 2 saturated carbocycles. The van der Waals surface area contributed by atoms with Crippen molar-refractivity contribution in [3.05, 3.63) is 0 Å². The minimum Gasteiger partial charge on any atom is -0.389 e. The lowest BCUT2D eigenvalue weighted by atomic mass is 9.64. The molecule has 0 bridgehead atoms. The maximum absolute atomic E-state index is 11.0. The summed E-state index contributed by atoms with van der Waals surface area (Å²) in [5, 5.41) is 11.0. The number of aliphatic hydroxyl groups is 1. The molecule has 3 unspecified atom stereocenters. The molecular weight excluding hydrogens is 228 g/mol. The molecule has 0 aromatic carbocycles. The Kier molecular flexibility index (Phi) is 3.41. The molecule has 104 valence electrons. The van der Waals surface area contributed by atoms with Crippen molar-refractivity contribution in [2.24, 2.45) is 5.92 Å². The second-order valence-electron chi connectivity index (χ2n) is 6.63. The predicted octanol–water partition coefficient (Wildman–Crippen LogP) is 2.66. The maximum Gasteiger partial charge on any atom is 0.0702 e. The molecule has 3 rings (SSSR count). The first-order chi connectivity index (χ1) is 8.66. The fourth-order valence-corrected chi connectivity index (χ4v) is 4.21. The molecule has 1 aliphatic heterocycles. The van der Waals surface area contributed by atoms with Gasteiger partial charge in [-0.15, -0.1) is 0 Å². The highest BCUT2D eigenvalue weighted by molar-refractivity contribution is 5.01. The van der Waals surface area contributed by atoms with Gasteiger partial charge in [-0.25, -0.2) is 0 Å². The maximum atomic E-state index is 11.0. The van der Waals surface area contributed by atoms with Gasteiger partial charge in [-0.2, -0.15) is 0 Å². The van der Waals surface area contributed by atoms with Crippen molar-refractivity contribution < 1.29 is 14.6 Å². The predicted molar refractivity (Wildman–Crippen MR) is 69.5 cm³/mol. The highest BCUT2D eigenvalue weighted by Crippen LogP contribution is 2.49. The molecule has 3 heteroatoms. The van der Waals surface area contributed by atoms with E-state index >= 15 is 0 Å². The second kappa shape index (κ2) is 4.77. The van der Waals surface area contributed by atoms with E-state index in [4.69, 9.17) is 9.47 Å². The Bertz CT molecular complexity index is 300. The first kappa shape index (κ1) is 12.9. The van der Waals surface area contributed by atoms with Crippen LogP contribution in [0, 0.1) is 5.92 Å². The van der Waals surface area contributed by atoms with E-state index in [1.807, 2.05) is 0 Å². The molecule has 0 radical (unpaired) electrons. The van der Waals surface area contributed by atoms with Crippen molar-refractivity contribution in [3.63, 3.8) is 0 Å². The van der Waals surface area contributed by atoms with Gasteiger partial charge in [0.25, 0.3) is 0 Å². The lowest BCUT2D eigenvalue weighted by Gasteiger charge is -2.52. The van der Waals surface area contributed by atoms with E-state index in [-0.39, 0.29) is 11.7 Å². The Morgan fingerprint density at radius 3 is 2.61 bits per heavy atom. The van der Waals surface area contributed by atoms with E-state index in [0.29, 0.717) is 5.92 Å². The van der Waals surface area contributed by atoms with Crippen LogP contribution in [0.3, 0.4) is 0 Å². The number of rotatable bonds is 2. The van der Waals surface area contributed by atoms with Crippen molar-refractivity contribution >= 4 is 0 Å². The highest BCUT2D eigenvalue weighted by atomic mass is 16.5. The van der Waals surface area contributed by atoms with Crippen molar-refractivity contribution in [1.29, 1.82) is 0 Å². The lowest BCUT2D eigenvalue weighted by Crippen LogP contribution is -2.53. The van der Waals surface area contributed by atoms with Gasteiger partial charge in [0.2, 0.25) is 0 Å². The first-order valence-corrected chi connectivity index (χ1v) is 7.55. The van der Waals surface area contributed by atoms with E-state index in [1.54, 1.807) is 7.11 Å². The van der Waals surface area contributed by atoms with Crippen LogP contribution in [0.1, 0.15) is 57.8 Å². The minimum absolute atomic E-state index is 0.138. The van der Waals surface area contributed by atoms with Crippen LogP contribution in [0.4, 0.5) is 0 Å². The molecule has 0 amide bonds. The van der Waals surface area contributed by atoms with Crippen LogP contribution >= 0.6 is 0 Å². The molecule has 0 aromatic heterocycles. The summed E-state index contributed by atoms with van der Waals surface area (Å²) in [7, 11) is 1.77. The zero-order valence-corrected chi connectivity index (χ0v) is 11.5. The van der Waals surface area contributed by atoms with Crippen molar-refractivity contribution in [2.75, 3.05) is 13.7 Å². The smallest absolute Gasteiger partial charge is 0.0702 e. The van der Waals surface area contributed by atoms with Gasteiger partial charge >= 0.3 is 0 Å². The normalized spacial score (nSPS) is 43.7. The number of hydrogen-bond acceptors (Lipinski definition) is 3. The highest BCUT2D eigenvalue weighted by Gasteiger charge is 2.49. The summed E-state index contributed by atoms with van der Waals surface area (Å²) in [5.74, 6) is 0.421. The first-order valence-electron chi connectivity index (χ1n) is 7.55. The largest absolute Gasteiger partial charge is 0.389 e. The van der Waals surface area contributed by atoms with Crippen LogP contribution < -0.4 is 0 Å². The zero-order chi connectivity index (χ0) is 12.6. The summed E-state index contributed by atoms with van der Waals surface area (Å²) in [6.45, 7) is 0.838. The number of hydrogen-bond donors (Lipinski definition) is 1. The van der Waals surface area contributed by atoms with Crippen molar-refractivity contribution in [2.45, 2.75) is 75.1 Å². The van der Waals surface area contributed by atoms with Gasteiger partial charge in [0, 0.05) is 20.1 Å². The van der Waals surface area contributed by atoms with Crippen molar-refractivity contribution in [3.8, 4) is 0 Å². The third-order valence-corrected chi connectivity index (χ3v) is 5.57. The fourth-order valence-electron chi connectivity index (χ4n) is 4.21. The minimum atomic E-state index is -0.495. The molecule has 2 aliphatic carbocycles. The van der Waals surface area contributed by atoms with Crippen LogP contribution in [0.2, 0.25) is 0 Å². The Morgan fingerprint density at radius 1 is 1.11 bits per heavy atom. The quantitative estimate of drug-likeness (QED) is 0.823. The molecular formula is C15H26O3. The Morgan fingerprint density at radius 2 is 1.94 bits per heavy atom. The van der Waals surface area contributed by atoms with E-state index in [9.17, 15) is 5.11 Å². The molecule has 3 atom stereocenters. The molecule has 3 nitrogen and oxygen atoms in total. The molecule has 1 saturated heterocycles. The van der Waals surface area contributed by atoms with E-state index in [0.717, 1.165) is 45.1 Å². The number of ether oxygens (including phenoxy) is 2. The van der Waals surface area contributed by atoms with Crippen LogP contribution in [0.5, 0.6) is 0 Å². The molecule has 18 heavy (non-hydrogen) atoms. The topological polar surface area (TPSA) is 38.7 Å². The van der Waals surface area contributed by atoms with Crippen LogP contribution in [0.25, 0.3) is 0 Å². The molecule has 1 heterocycles. The van der Waals surface area contributed by atoms with Gasteiger partial charge in [-0.05, 0) is 57.3 Å². The average molecular weight is 254 g/mol. The Balaban J connectivity index is 1.68. The van der Waals surface area contributed by atoms with Gasteiger partial charge in [0.05, 0.1) is 17.3 Å². The van der Waals surface area contributed by atoms with Gasteiger partial charge in [-0.1, -0.05) is 0 Å². The average Bonchev–Trinajstić information content (AvgIpc) is 2.37. The summed E-state index contributed by atoms with van der Waals surface area (Å²) >= 11 is 0. The molecule has 0 aromatic rings. The second-order valence-corrected chi connectivity index (χ2v) is 6.63. The van der Waals surface area contributed by atoms with Gasteiger partial charge < -0.3 is 14.6 Å². The fraction of sp³-hybridized carbons (Fsp3) is 1.00. The van der Waals surface area contributed by atoms with Crippen LogP contribution in [-0.4, -0.2) is 36.1 Å². The van der Waals surface area contributed by atoms with E-state index in [1.165, 1.54) is 19.3 Å². The zero-order valence-electron chi connectivity index (χ0n) is 11.5. The number of methoxy groups -OCH3 is 1. The van der Waals surface area contributed by atoms with Gasteiger partial charge in [0.15, 0.2) is 0 Å². The van der Waals surface area contributed by atoms with Crippen LogP contribution in [-0.2, 0) is 9.47 Å².